The van der Waals surface area contributed by atoms with E-state index in [0.717, 1.165) is 11.6 Å². The fourth-order valence-electron chi connectivity index (χ4n) is 1.93. The van der Waals surface area contributed by atoms with Crippen LogP contribution >= 0.6 is 11.6 Å². The van der Waals surface area contributed by atoms with Crippen LogP contribution in [0.1, 0.15) is 11.5 Å². The van der Waals surface area contributed by atoms with Crippen LogP contribution in [-0.2, 0) is 0 Å². The Bertz CT molecular complexity index is 325. The maximum Gasteiger partial charge on any atom is 0.0410 e. The summed E-state index contributed by atoms with van der Waals surface area (Å²) in [5.41, 5.74) is 8.24. The lowest BCUT2D eigenvalue weighted by Crippen LogP contribution is -2.20. The summed E-state index contributed by atoms with van der Waals surface area (Å²) < 4.78 is 0. The maximum absolute atomic E-state index is 5.93. The molecular formula is C10H13ClN2. The van der Waals surface area contributed by atoms with Gasteiger partial charge in [0.15, 0.2) is 0 Å². The standard InChI is InChI=1S/C10H13ClN2/c1-13-6-7(5-12)9-4-8(11)2-3-10(9)13/h2-4,7H,5-6,12H2,1H3. The number of fused-ring (bicyclic) bond motifs is 1. The van der Waals surface area contributed by atoms with E-state index in [1.54, 1.807) is 0 Å². The van der Waals surface area contributed by atoms with E-state index in [2.05, 4.69) is 18.0 Å². The van der Waals surface area contributed by atoms with E-state index < -0.39 is 0 Å². The lowest BCUT2D eigenvalue weighted by atomic mass is 10.0. The predicted molar refractivity (Wildman–Crippen MR) is 56.5 cm³/mol. The van der Waals surface area contributed by atoms with Gasteiger partial charge in [-0.3, -0.25) is 0 Å². The van der Waals surface area contributed by atoms with Gasteiger partial charge in [-0.25, -0.2) is 0 Å². The van der Waals surface area contributed by atoms with Gasteiger partial charge in [-0.15, -0.1) is 0 Å². The van der Waals surface area contributed by atoms with Gasteiger partial charge in [0.25, 0.3) is 0 Å². The molecule has 2 N–H and O–H groups in total. The molecular weight excluding hydrogens is 184 g/mol. The molecule has 13 heavy (non-hydrogen) atoms. The highest BCUT2D eigenvalue weighted by Gasteiger charge is 2.24. The molecule has 2 nitrogen and oxygen atoms in total. The van der Waals surface area contributed by atoms with Gasteiger partial charge in [-0.05, 0) is 23.8 Å². The highest BCUT2D eigenvalue weighted by atomic mass is 35.5. The first kappa shape index (κ1) is 8.85. The Kier molecular flexibility index (Phi) is 2.18. The molecule has 0 aromatic heterocycles. The third-order valence-electron chi connectivity index (χ3n) is 2.62. The maximum atomic E-state index is 5.93. The number of rotatable bonds is 1. The zero-order chi connectivity index (χ0) is 9.42. The van der Waals surface area contributed by atoms with Gasteiger partial charge >= 0.3 is 0 Å². The SMILES string of the molecule is CN1CC(CN)c2cc(Cl)ccc21. The molecule has 0 aliphatic carbocycles. The lowest BCUT2D eigenvalue weighted by molar-refractivity contribution is 0.730. The molecule has 1 aromatic carbocycles. The van der Waals surface area contributed by atoms with Crippen molar-refractivity contribution in [1.29, 1.82) is 0 Å². The lowest BCUT2D eigenvalue weighted by Gasteiger charge is -2.11. The fraction of sp³-hybridized carbons (Fsp3) is 0.400. The van der Waals surface area contributed by atoms with E-state index in [9.17, 15) is 0 Å². The van der Waals surface area contributed by atoms with Gasteiger partial charge in [-0.1, -0.05) is 11.6 Å². The molecule has 0 bridgehead atoms. The molecule has 1 aliphatic rings. The predicted octanol–water partition coefficient (Wildman–Crippen LogP) is 1.83. The number of hydrogen-bond acceptors (Lipinski definition) is 2. The summed E-state index contributed by atoms with van der Waals surface area (Å²) in [6.07, 6.45) is 0. The van der Waals surface area contributed by atoms with Crippen LogP contribution in [0, 0.1) is 0 Å². The quantitative estimate of drug-likeness (QED) is 0.743. The van der Waals surface area contributed by atoms with Crippen molar-refractivity contribution >= 4 is 17.3 Å². The van der Waals surface area contributed by atoms with Crippen molar-refractivity contribution in [1.82, 2.24) is 0 Å². The first-order chi connectivity index (χ1) is 6.22. The Morgan fingerprint density at radius 3 is 3.08 bits per heavy atom. The van der Waals surface area contributed by atoms with Gasteiger partial charge in [0.05, 0.1) is 0 Å². The summed E-state index contributed by atoms with van der Waals surface area (Å²) in [6, 6.07) is 6.01. The van der Waals surface area contributed by atoms with Gasteiger partial charge in [0.1, 0.15) is 0 Å². The second kappa shape index (κ2) is 3.20. The van der Waals surface area contributed by atoms with Crippen LogP contribution in [0.15, 0.2) is 18.2 Å². The summed E-state index contributed by atoms with van der Waals surface area (Å²) in [5, 5.41) is 0.799. The first-order valence-electron chi connectivity index (χ1n) is 4.43. The Morgan fingerprint density at radius 1 is 1.62 bits per heavy atom. The molecule has 0 amide bonds. The molecule has 70 valence electrons. The van der Waals surface area contributed by atoms with E-state index >= 15 is 0 Å². The molecule has 1 heterocycles. The molecule has 0 saturated heterocycles. The Balaban J connectivity index is 2.46. The topological polar surface area (TPSA) is 29.3 Å². The van der Waals surface area contributed by atoms with Gasteiger partial charge in [0, 0.05) is 36.8 Å². The summed E-state index contributed by atoms with van der Waals surface area (Å²) in [6.45, 7) is 1.70. The Labute approximate surface area is 83.3 Å². The second-order valence-electron chi connectivity index (χ2n) is 3.52. The van der Waals surface area contributed by atoms with E-state index in [1.807, 2.05) is 12.1 Å². The van der Waals surface area contributed by atoms with Crippen molar-refractivity contribution in [3.8, 4) is 0 Å². The second-order valence-corrected chi connectivity index (χ2v) is 3.95. The third kappa shape index (κ3) is 1.40. The number of halogens is 1. The molecule has 3 heteroatoms. The first-order valence-corrected chi connectivity index (χ1v) is 4.81. The average Bonchev–Trinajstić information content (AvgIpc) is 2.42. The Morgan fingerprint density at radius 2 is 2.38 bits per heavy atom. The smallest absolute Gasteiger partial charge is 0.0410 e. The zero-order valence-electron chi connectivity index (χ0n) is 7.63. The largest absolute Gasteiger partial charge is 0.374 e. The van der Waals surface area contributed by atoms with E-state index in [-0.39, 0.29) is 0 Å². The van der Waals surface area contributed by atoms with Crippen LogP contribution in [0.4, 0.5) is 5.69 Å². The van der Waals surface area contributed by atoms with Crippen LogP contribution in [0.5, 0.6) is 0 Å². The zero-order valence-corrected chi connectivity index (χ0v) is 8.38. The minimum atomic E-state index is 0.443. The van der Waals surface area contributed by atoms with Crippen LogP contribution in [0.3, 0.4) is 0 Å². The molecule has 2 rings (SSSR count). The highest BCUT2D eigenvalue weighted by molar-refractivity contribution is 6.30. The normalized spacial score (nSPS) is 20.5. The van der Waals surface area contributed by atoms with Crippen LogP contribution in [0.25, 0.3) is 0 Å². The van der Waals surface area contributed by atoms with Crippen LogP contribution in [-0.4, -0.2) is 20.1 Å². The molecule has 0 fully saturated rings. The van der Waals surface area contributed by atoms with Crippen LogP contribution < -0.4 is 10.6 Å². The van der Waals surface area contributed by atoms with Crippen molar-refractivity contribution in [2.24, 2.45) is 5.73 Å². The molecule has 1 unspecified atom stereocenters. The molecule has 1 aromatic rings. The van der Waals surface area contributed by atoms with E-state index in [0.29, 0.717) is 12.5 Å². The number of benzene rings is 1. The number of likely N-dealkylation sites (N-methyl/N-ethyl adjacent to an activating group) is 1. The summed E-state index contributed by atoms with van der Waals surface area (Å²) >= 11 is 5.93. The van der Waals surface area contributed by atoms with Crippen molar-refractivity contribution in [2.75, 3.05) is 25.0 Å². The van der Waals surface area contributed by atoms with Gasteiger partial charge in [-0.2, -0.15) is 0 Å². The van der Waals surface area contributed by atoms with Gasteiger partial charge < -0.3 is 10.6 Å². The van der Waals surface area contributed by atoms with E-state index in [1.165, 1.54) is 11.3 Å². The third-order valence-corrected chi connectivity index (χ3v) is 2.85. The van der Waals surface area contributed by atoms with Crippen molar-refractivity contribution < 1.29 is 0 Å². The minimum absolute atomic E-state index is 0.443. The van der Waals surface area contributed by atoms with E-state index in [4.69, 9.17) is 17.3 Å². The van der Waals surface area contributed by atoms with Crippen LogP contribution in [0.2, 0.25) is 5.02 Å². The average molecular weight is 197 g/mol. The number of nitrogens with zero attached hydrogens (tertiary/aromatic N) is 1. The fourth-order valence-corrected chi connectivity index (χ4v) is 2.11. The monoisotopic (exact) mass is 196 g/mol. The summed E-state index contributed by atoms with van der Waals surface area (Å²) in [7, 11) is 2.09. The Hall–Kier alpha value is -0.730. The number of hydrogen-bond donors (Lipinski definition) is 1. The highest BCUT2D eigenvalue weighted by Crippen LogP contribution is 2.36. The molecule has 0 radical (unpaired) electrons. The van der Waals surface area contributed by atoms with Crippen molar-refractivity contribution in [3.05, 3.63) is 28.8 Å². The minimum Gasteiger partial charge on any atom is -0.374 e. The summed E-state index contributed by atoms with van der Waals surface area (Å²) in [5.74, 6) is 0.443. The number of anilines is 1. The molecule has 0 saturated carbocycles. The number of nitrogens with two attached hydrogens (primary N) is 1. The molecule has 1 atom stereocenters. The molecule has 1 aliphatic heterocycles. The van der Waals surface area contributed by atoms with Gasteiger partial charge in [0.2, 0.25) is 0 Å². The van der Waals surface area contributed by atoms with Crippen molar-refractivity contribution in [2.45, 2.75) is 5.92 Å². The summed E-state index contributed by atoms with van der Waals surface area (Å²) in [4.78, 5) is 2.23. The van der Waals surface area contributed by atoms with Crippen molar-refractivity contribution in [3.63, 3.8) is 0 Å². The molecule has 0 spiro atoms.